The molecule has 1 rings (SSSR count). The molecule has 88 valence electrons. The zero-order chi connectivity index (χ0) is 12.3. The molecule has 0 spiro atoms. The molecule has 0 aliphatic carbocycles. The summed E-state index contributed by atoms with van der Waals surface area (Å²) in [5.41, 5.74) is 5.92. The molecule has 0 fully saturated rings. The minimum Gasteiger partial charge on any atom is -0.495 e. The fourth-order valence-corrected chi connectivity index (χ4v) is 1.98. The summed E-state index contributed by atoms with van der Waals surface area (Å²) in [7, 11) is 2.95. The third-order valence-corrected chi connectivity index (χ3v) is 2.87. The van der Waals surface area contributed by atoms with Gasteiger partial charge < -0.3 is 20.3 Å². The van der Waals surface area contributed by atoms with Gasteiger partial charge in [-0.1, -0.05) is 0 Å². The number of ether oxygens (including phenoxy) is 2. The van der Waals surface area contributed by atoms with Crippen molar-refractivity contribution in [2.24, 2.45) is 5.73 Å². The van der Waals surface area contributed by atoms with E-state index in [2.05, 4.69) is 15.9 Å². The highest BCUT2D eigenvalue weighted by Crippen LogP contribution is 2.39. The molecule has 0 aromatic heterocycles. The Morgan fingerprint density at radius 2 is 2.06 bits per heavy atom. The summed E-state index contributed by atoms with van der Waals surface area (Å²) >= 11 is 3.27. The predicted octanol–water partition coefficient (Wildman–Crippen LogP) is 1.55. The van der Waals surface area contributed by atoms with Crippen LogP contribution in [-0.2, 0) is 4.79 Å². The molecule has 0 aliphatic rings. The maximum absolute atomic E-state index is 10.8. The minimum absolute atomic E-state index is 0.370. The van der Waals surface area contributed by atoms with Gasteiger partial charge in [-0.05, 0) is 28.1 Å². The third kappa shape index (κ3) is 2.28. The first-order chi connectivity index (χ1) is 7.52. The molecule has 6 heteroatoms. The van der Waals surface area contributed by atoms with Gasteiger partial charge in [0.2, 0.25) is 0 Å². The molecule has 0 radical (unpaired) electrons. The smallest absolute Gasteiger partial charge is 0.325 e. The standard InChI is InChI=1S/C10H12BrNO4/c1-15-6-4-3-5(8(12)10(13)14)9(16-2)7(6)11/h3-4,8H,12H2,1-2H3,(H,13,14). The molecule has 0 aliphatic heterocycles. The van der Waals surface area contributed by atoms with Crippen LogP contribution in [0.1, 0.15) is 11.6 Å². The van der Waals surface area contributed by atoms with Crippen LogP contribution in [0.15, 0.2) is 16.6 Å². The molecule has 3 N–H and O–H groups in total. The molecule has 5 nitrogen and oxygen atoms in total. The minimum atomic E-state index is -1.13. The predicted molar refractivity (Wildman–Crippen MR) is 61.8 cm³/mol. The van der Waals surface area contributed by atoms with Crippen molar-refractivity contribution in [3.05, 3.63) is 22.2 Å². The van der Waals surface area contributed by atoms with Crippen LogP contribution in [0.5, 0.6) is 11.5 Å². The zero-order valence-electron chi connectivity index (χ0n) is 8.86. The number of rotatable bonds is 4. The highest BCUT2D eigenvalue weighted by Gasteiger charge is 2.22. The summed E-state index contributed by atoms with van der Waals surface area (Å²) in [6.45, 7) is 0. The van der Waals surface area contributed by atoms with Crippen molar-refractivity contribution >= 4 is 21.9 Å². The molecular weight excluding hydrogens is 278 g/mol. The Labute approximate surface area is 101 Å². The number of halogens is 1. The number of carbonyl (C=O) groups is 1. The first-order valence-electron chi connectivity index (χ1n) is 4.41. The number of carboxylic acid groups (broad SMARTS) is 1. The Bertz CT molecular complexity index is 408. The van der Waals surface area contributed by atoms with Crippen molar-refractivity contribution in [1.29, 1.82) is 0 Å². The van der Waals surface area contributed by atoms with Crippen LogP contribution >= 0.6 is 15.9 Å². The van der Waals surface area contributed by atoms with Crippen molar-refractivity contribution in [3.8, 4) is 11.5 Å². The third-order valence-electron chi connectivity index (χ3n) is 2.12. The average Bonchev–Trinajstić information content (AvgIpc) is 2.27. The molecule has 16 heavy (non-hydrogen) atoms. The van der Waals surface area contributed by atoms with Crippen molar-refractivity contribution in [2.45, 2.75) is 6.04 Å². The topological polar surface area (TPSA) is 81.8 Å². The second kappa shape index (κ2) is 5.18. The van der Waals surface area contributed by atoms with Crippen molar-refractivity contribution < 1.29 is 19.4 Å². The lowest BCUT2D eigenvalue weighted by Gasteiger charge is -2.15. The Hall–Kier alpha value is -1.27. The van der Waals surface area contributed by atoms with Crippen LogP contribution in [0, 0.1) is 0 Å². The fourth-order valence-electron chi connectivity index (χ4n) is 1.30. The fraction of sp³-hybridized carbons (Fsp3) is 0.300. The van der Waals surface area contributed by atoms with Gasteiger partial charge in [0.1, 0.15) is 22.0 Å². The Morgan fingerprint density at radius 1 is 1.44 bits per heavy atom. The molecule has 1 atom stereocenters. The maximum Gasteiger partial charge on any atom is 0.325 e. The molecule has 0 saturated heterocycles. The molecule has 0 saturated carbocycles. The number of methoxy groups -OCH3 is 2. The van der Waals surface area contributed by atoms with E-state index in [0.717, 1.165) is 0 Å². The van der Waals surface area contributed by atoms with Gasteiger partial charge >= 0.3 is 5.97 Å². The van der Waals surface area contributed by atoms with Gasteiger partial charge in [-0.2, -0.15) is 0 Å². The van der Waals surface area contributed by atoms with E-state index in [1.54, 1.807) is 12.1 Å². The van der Waals surface area contributed by atoms with Gasteiger partial charge in [-0.25, -0.2) is 0 Å². The van der Waals surface area contributed by atoms with Crippen molar-refractivity contribution in [3.63, 3.8) is 0 Å². The largest absolute Gasteiger partial charge is 0.495 e. The molecule has 0 amide bonds. The lowest BCUT2D eigenvalue weighted by atomic mass is 10.1. The van der Waals surface area contributed by atoms with E-state index >= 15 is 0 Å². The Morgan fingerprint density at radius 3 is 2.50 bits per heavy atom. The first kappa shape index (κ1) is 12.8. The van der Waals surface area contributed by atoms with Crippen LogP contribution in [-0.4, -0.2) is 25.3 Å². The maximum atomic E-state index is 10.8. The van der Waals surface area contributed by atoms with Crippen LogP contribution in [0.4, 0.5) is 0 Å². The van der Waals surface area contributed by atoms with E-state index in [0.29, 0.717) is 21.5 Å². The SMILES string of the molecule is COc1ccc(C(N)C(=O)O)c(OC)c1Br. The number of hydrogen-bond acceptors (Lipinski definition) is 4. The van der Waals surface area contributed by atoms with Gasteiger partial charge in [-0.3, -0.25) is 4.79 Å². The summed E-state index contributed by atoms with van der Waals surface area (Å²) in [5.74, 6) is -0.192. The Kier molecular flexibility index (Phi) is 4.14. The van der Waals surface area contributed by atoms with Crippen LogP contribution in [0.3, 0.4) is 0 Å². The molecule has 1 unspecified atom stereocenters. The zero-order valence-corrected chi connectivity index (χ0v) is 10.4. The number of carboxylic acids is 1. The second-order valence-corrected chi connectivity index (χ2v) is 3.81. The molecular formula is C10H12BrNO4. The lowest BCUT2D eigenvalue weighted by molar-refractivity contribution is -0.138. The molecule has 0 bridgehead atoms. The molecule has 0 heterocycles. The van der Waals surface area contributed by atoms with Gasteiger partial charge in [0.05, 0.1) is 14.2 Å². The number of nitrogens with two attached hydrogens (primary N) is 1. The Balaban J connectivity index is 3.31. The van der Waals surface area contributed by atoms with E-state index in [9.17, 15) is 4.79 Å². The van der Waals surface area contributed by atoms with Crippen LogP contribution in [0.25, 0.3) is 0 Å². The van der Waals surface area contributed by atoms with Gasteiger partial charge in [0.25, 0.3) is 0 Å². The summed E-state index contributed by atoms with van der Waals surface area (Å²) in [6, 6.07) is 2.07. The monoisotopic (exact) mass is 289 g/mol. The van der Waals surface area contributed by atoms with E-state index in [-0.39, 0.29) is 0 Å². The average molecular weight is 290 g/mol. The van der Waals surface area contributed by atoms with Gasteiger partial charge in [0.15, 0.2) is 0 Å². The van der Waals surface area contributed by atoms with Crippen molar-refractivity contribution in [1.82, 2.24) is 0 Å². The number of aliphatic carboxylic acids is 1. The summed E-state index contributed by atoms with van der Waals surface area (Å²) in [5, 5.41) is 8.85. The van der Waals surface area contributed by atoms with E-state index in [1.807, 2.05) is 0 Å². The first-order valence-corrected chi connectivity index (χ1v) is 5.21. The normalized spacial score (nSPS) is 12.0. The quantitative estimate of drug-likeness (QED) is 0.879. The summed E-state index contributed by atoms with van der Waals surface area (Å²) in [4.78, 5) is 10.8. The van der Waals surface area contributed by atoms with E-state index in [4.69, 9.17) is 20.3 Å². The van der Waals surface area contributed by atoms with Gasteiger partial charge in [-0.15, -0.1) is 0 Å². The summed E-state index contributed by atoms with van der Waals surface area (Å²) in [6.07, 6.45) is 0. The highest BCUT2D eigenvalue weighted by molar-refractivity contribution is 9.10. The molecule has 1 aromatic carbocycles. The van der Waals surface area contributed by atoms with Crippen LogP contribution in [0.2, 0.25) is 0 Å². The lowest BCUT2D eigenvalue weighted by Crippen LogP contribution is -2.21. The number of benzene rings is 1. The van der Waals surface area contributed by atoms with Crippen LogP contribution < -0.4 is 15.2 Å². The second-order valence-electron chi connectivity index (χ2n) is 3.02. The van der Waals surface area contributed by atoms with Crippen molar-refractivity contribution in [2.75, 3.05) is 14.2 Å². The van der Waals surface area contributed by atoms with Gasteiger partial charge in [0, 0.05) is 5.56 Å². The highest BCUT2D eigenvalue weighted by atomic mass is 79.9. The van der Waals surface area contributed by atoms with E-state index < -0.39 is 12.0 Å². The van der Waals surface area contributed by atoms with E-state index in [1.165, 1.54) is 14.2 Å². The number of hydrogen-bond donors (Lipinski definition) is 2. The summed E-state index contributed by atoms with van der Waals surface area (Å²) < 4.78 is 10.7. The molecule has 1 aromatic rings.